The van der Waals surface area contributed by atoms with E-state index in [0.717, 1.165) is 37.7 Å². The van der Waals surface area contributed by atoms with Crippen LogP contribution in [0.2, 0.25) is 0 Å². The van der Waals surface area contributed by atoms with Gasteiger partial charge in [-0.3, -0.25) is 9.69 Å². The maximum Gasteiger partial charge on any atom is 0.231 e. The van der Waals surface area contributed by atoms with Crippen molar-refractivity contribution in [2.24, 2.45) is 18.9 Å². The number of carbonyl (C=O) groups excluding carboxylic acids is 1. The number of carbonyl (C=O) groups is 1. The Morgan fingerprint density at radius 1 is 1.18 bits per heavy atom. The van der Waals surface area contributed by atoms with Crippen LogP contribution in [0.5, 0.6) is 0 Å². The lowest BCUT2D eigenvalue weighted by molar-refractivity contribution is -0.120. The Morgan fingerprint density at radius 2 is 2.00 bits per heavy atom. The van der Waals surface area contributed by atoms with Gasteiger partial charge in [-0.2, -0.15) is 0 Å². The number of aromatic nitrogens is 2. The van der Waals surface area contributed by atoms with Crippen molar-refractivity contribution in [1.82, 2.24) is 14.5 Å². The fraction of sp³-hybridized carbons (Fsp3) is 0.412. The standard InChI is InChI=1S/C17H20N4O/c1-19-8-7-18-16(19)12-20-9-13-10-21(17(22)15(13)11-20)14-5-3-2-4-6-14/h2-8,13,15H,9-12H2,1H3/t13-,15-/m0/s1. The van der Waals surface area contributed by atoms with Crippen LogP contribution in [0, 0.1) is 11.8 Å². The van der Waals surface area contributed by atoms with Gasteiger partial charge in [0.25, 0.3) is 0 Å². The van der Waals surface area contributed by atoms with Crippen LogP contribution < -0.4 is 4.90 Å². The van der Waals surface area contributed by atoms with Crippen LogP contribution in [0.25, 0.3) is 0 Å². The topological polar surface area (TPSA) is 41.4 Å². The summed E-state index contributed by atoms with van der Waals surface area (Å²) in [5.41, 5.74) is 1.03. The smallest absolute Gasteiger partial charge is 0.231 e. The molecule has 2 fully saturated rings. The van der Waals surface area contributed by atoms with Gasteiger partial charge < -0.3 is 9.47 Å². The number of fused-ring (bicyclic) bond motifs is 1. The molecule has 0 bridgehead atoms. The van der Waals surface area contributed by atoms with Gasteiger partial charge in [-0.15, -0.1) is 0 Å². The lowest BCUT2D eigenvalue weighted by Crippen LogP contribution is -2.32. The number of aryl methyl sites for hydroxylation is 1. The highest BCUT2D eigenvalue weighted by Crippen LogP contribution is 2.35. The monoisotopic (exact) mass is 296 g/mol. The zero-order valence-electron chi connectivity index (χ0n) is 12.7. The van der Waals surface area contributed by atoms with E-state index in [4.69, 9.17) is 0 Å². The molecule has 0 saturated carbocycles. The number of amides is 1. The molecule has 1 aromatic heterocycles. The molecule has 4 rings (SSSR count). The second-order valence-corrected chi connectivity index (χ2v) is 6.30. The SMILES string of the molecule is Cn1ccnc1CN1C[C@H]2CN(c3ccccc3)C(=O)[C@H]2C1. The predicted molar refractivity (Wildman–Crippen MR) is 84.3 cm³/mol. The third-order valence-electron chi connectivity index (χ3n) is 4.87. The fourth-order valence-electron chi connectivity index (χ4n) is 3.67. The van der Waals surface area contributed by atoms with E-state index in [1.165, 1.54) is 0 Å². The Morgan fingerprint density at radius 3 is 2.68 bits per heavy atom. The minimum atomic E-state index is 0.139. The van der Waals surface area contributed by atoms with Gasteiger partial charge in [-0.05, 0) is 12.1 Å². The Hall–Kier alpha value is -2.14. The van der Waals surface area contributed by atoms with Crippen molar-refractivity contribution in [2.45, 2.75) is 6.54 Å². The number of anilines is 1. The normalized spacial score (nSPS) is 25.0. The van der Waals surface area contributed by atoms with Gasteiger partial charge in [-0.1, -0.05) is 18.2 Å². The Balaban J connectivity index is 1.45. The van der Waals surface area contributed by atoms with Crippen LogP contribution in [0.15, 0.2) is 42.7 Å². The van der Waals surface area contributed by atoms with Crippen LogP contribution in [0.3, 0.4) is 0 Å². The Labute approximate surface area is 130 Å². The van der Waals surface area contributed by atoms with Crippen molar-refractivity contribution in [3.63, 3.8) is 0 Å². The molecular weight excluding hydrogens is 276 g/mol. The molecule has 22 heavy (non-hydrogen) atoms. The molecule has 114 valence electrons. The van der Waals surface area contributed by atoms with Crippen molar-refractivity contribution in [3.05, 3.63) is 48.5 Å². The number of rotatable bonds is 3. The summed E-state index contributed by atoms with van der Waals surface area (Å²) in [7, 11) is 2.02. The van der Waals surface area contributed by atoms with Crippen molar-refractivity contribution in [3.8, 4) is 0 Å². The van der Waals surface area contributed by atoms with Crippen molar-refractivity contribution < 1.29 is 4.79 Å². The zero-order chi connectivity index (χ0) is 15.1. The second-order valence-electron chi connectivity index (χ2n) is 6.30. The van der Waals surface area contributed by atoms with E-state index in [1.807, 2.05) is 59.2 Å². The fourth-order valence-corrected chi connectivity index (χ4v) is 3.67. The molecule has 2 aromatic rings. The molecule has 2 atom stereocenters. The number of likely N-dealkylation sites (tertiary alicyclic amines) is 1. The lowest BCUT2D eigenvalue weighted by atomic mass is 10.0. The number of para-hydroxylation sites is 1. The predicted octanol–water partition coefficient (Wildman–Crippen LogP) is 1.51. The molecule has 1 aromatic carbocycles. The number of nitrogens with zero attached hydrogens (tertiary/aromatic N) is 4. The largest absolute Gasteiger partial charge is 0.337 e. The molecule has 5 nitrogen and oxygen atoms in total. The molecule has 2 saturated heterocycles. The molecular formula is C17H20N4O. The van der Waals surface area contributed by atoms with Crippen LogP contribution in [0.4, 0.5) is 5.69 Å². The quantitative estimate of drug-likeness (QED) is 0.862. The summed E-state index contributed by atoms with van der Waals surface area (Å²) < 4.78 is 2.05. The highest BCUT2D eigenvalue weighted by Gasteiger charge is 2.46. The van der Waals surface area contributed by atoms with E-state index < -0.39 is 0 Å². The molecule has 0 aliphatic carbocycles. The van der Waals surface area contributed by atoms with Gasteiger partial charge in [0.05, 0.1) is 12.5 Å². The van der Waals surface area contributed by atoms with E-state index in [2.05, 4.69) is 9.88 Å². The highest BCUT2D eigenvalue weighted by atomic mass is 16.2. The van der Waals surface area contributed by atoms with E-state index >= 15 is 0 Å². The molecule has 0 N–H and O–H groups in total. The molecule has 2 aliphatic rings. The number of hydrogen-bond donors (Lipinski definition) is 0. The first-order valence-corrected chi connectivity index (χ1v) is 7.77. The summed E-state index contributed by atoms with van der Waals surface area (Å²) in [6.45, 7) is 3.49. The molecule has 2 aliphatic heterocycles. The first-order chi connectivity index (χ1) is 10.7. The Kier molecular flexibility index (Phi) is 3.22. The summed E-state index contributed by atoms with van der Waals surface area (Å²) >= 11 is 0. The molecule has 1 amide bonds. The first-order valence-electron chi connectivity index (χ1n) is 7.77. The molecule has 0 unspecified atom stereocenters. The maximum absolute atomic E-state index is 12.7. The third kappa shape index (κ3) is 2.22. The minimum Gasteiger partial charge on any atom is -0.337 e. The average Bonchev–Trinajstić information content (AvgIpc) is 3.19. The summed E-state index contributed by atoms with van der Waals surface area (Å²) in [4.78, 5) is 21.4. The number of benzene rings is 1. The number of imidazole rings is 1. The molecule has 0 radical (unpaired) electrons. The van der Waals surface area contributed by atoms with E-state index in [-0.39, 0.29) is 11.8 Å². The molecule has 0 spiro atoms. The summed E-state index contributed by atoms with van der Waals surface area (Å²) in [5, 5.41) is 0. The van der Waals surface area contributed by atoms with E-state index in [9.17, 15) is 4.79 Å². The first kappa shape index (κ1) is 13.5. The van der Waals surface area contributed by atoms with Gasteiger partial charge in [0.2, 0.25) is 5.91 Å². The van der Waals surface area contributed by atoms with Gasteiger partial charge in [-0.25, -0.2) is 4.98 Å². The summed E-state index contributed by atoms with van der Waals surface area (Å²) in [5.74, 6) is 1.92. The van der Waals surface area contributed by atoms with Crippen molar-refractivity contribution in [1.29, 1.82) is 0 Å². The van der Waals surface area contributed by atoms with E-state index in [1.54, 1.807) is 0 Å². The van der Waals surface area contributed by atoms with Crippen LogP contribution in [-0.2, 0) is 18.4 Å². The summed E-state index contributed by atoms with van der Waals surface area (Å²) in [6.07, 6.45) is 3.79. The maximum atomic E-state index is 12.7. The van der Waals surface area contributed by atoms with Crippen molar-refractivity contribution >= 4 is 11.6 Å². The van der Waals surface area contributed by atoms with Gasteiger partial charge in [0.1, 0.15) is 5.82 Å². The van der Waals surface area contributed by atoms with Gasteiger partial charge in [0.15, 0.2) is 0 Å². The average molecular weight is 296 g/mol. The minimum absolute atomic E-state index is 0.139. The zero-order valence-corrected chi connectivity index (χ0v) is 12.7. The van der Waals surface area contributed by atoms with Crippen molar-refractivity contribution in [2.75, 3.05) is 24.5 Å². The second kappa shape index (κ2) is 5.25. The van der Waals surface area contributed by atoms with Crippen LogP contribution >= 0.6 is 0 Å². The molecule has 3 heterocycles. The van der Waals surface area contributed by atoms with Gasteiger partial charge in [0, 0.05) is 50.7 Å². The summed E-state index contributed by atoms with van der Waals surface area (Å²) in [6, 6.07) is 10.0. The molecule has 5 heteroatoms. The van der Waals surface area contributed by atoms with Gasteiger partial charge >= 0.3 is 0 Å². The Bertz CT molecular complexity index is 681. The number of hydrogen-bond acceptors (Lipinski definition) is 3. The van der Waals surface area contributed by atoms with Crippen LogP contribution in [0.1, 0.15) is 5.82 Å². The van der Waals surface area contributed by atoms with E-state index in [0.29, 0.717) is 5.92 Å². The third-order valence-corrected chi connectivity index (χ3v) is 4.87. The highest BCUT2D eigenvalue weighted by molar-refractivity contribution is 5.98. The van der Waals surface area contributed by atoms with Crippen LogP contribution in [-0.4, -0.2) is 40.0 Å². The lowest BCUT2D eigenvalue weighted by Gasteiger charge is -2.21.